The summed E-state index contributed by atoms with van der Waals surface area (Å²) in [4.78, 5) is 0. The van der Waals surface area contributed by atoms with Crippen molar-refractivity contribution in [1.29, 1.82) is 0 Å². The molecule has 2 aliphatic carbocycles. The van der Waals surface area contributed by atoms with E-state index >= 15 is 0 Å². The third kappa shape index (κ3) is 1.18. The first-order valence-electron chi connectivity index (χ1n) is 4.51. The van der Waals surface area contributed by atoms with Gasteiger partial charge in [-0.1, -0.05) is 25.2 Å². The number of hydrogen-bond donors (Lipinski definition) is 2. The van der Waals surface area contributed by atoms with Crippen LogP contribution in [0.4, 0.5) is 0 Å². The molecule has 0 aromatic carbocycles. The lowest BCUT2D eigenvalue weighted by atomic mass is 9.78. The van der Waals surface area contributed by atoms with E-state index in [9.17, 15) is 0 Å². The van der Waals surface area contributed by atoms with Gasteiger partial charge in [-0.05, 0) is 23.6 Å². The average molecular weight is 174 g/mol. The van der Waals surface area contributed by atoms with Crippen LogP contribution >= 0.6 is 0 Å². The quantitative estimate of drug-likeness (QED) is 0.583. The molecule has 0 heterocycles. The van der Waals surface area contributed by atoms with Crippen LogP contribution in [0.5, 0.6) is 0 Å². The second-order valence-electron chi connectivity index (χ2n) is 3.63. The minimum absolute atomic E-state index is 0.287. The van der Waals surface area contributed by atoms with Crippen molar-refractivity contribution in [3.8, 4) is 0 Å². The van der Waals surface area contributed by atoms with Crippen LogP contribution in [-0.4, -0.2) is 0 Å². The lowest BCUT2D eigenvalue weighted by Gasteiger charge is -2.29. The molecular weight excluding hydrogens is 160 g/mol. The van der Waals surface area contributed by atoms with E-state index in [4.69, 9.17) is 11.5 Å². The maximum Gasteiger partial charge on any atom is 0.0350 e. The van der Waals surface area contributed by atoms with E-state index < -0.39 is 0 Å². The van der Waals surface area contributed by atoms with Gasteiger partial charge in [-0.2, -0.15) is 0 Å². The Hall–Kier alpha value is -1.44. The third-order valence-electron chi connectivity index (χ3n) is 2.70. The van der Waals surface area contributed by atoms with Gasteiger partial charge >= 0.3 is 0 Å². The number of allylic oxidation sites excluding steroid dienone is 6. The summed E-state index contributed by atoms with van der Waals surface area (Å²) >= 11 is 0. The van der Waals surface area contributed by atoms with Gasteiger partial charge in [-0.25, -0.2) is 0 Å². The van der Waals surface area contributed by atoms with Crippen molar-refractivity contribution in [2.45, 2.75) is 6.92 Å². The van der Waals surface area contributed by atoms with E-state index in [1.807, 2.05) is 18.2 Å². The summed E-state index contributed by atoms with van der Waals surface area (Å²) in [5, 5.41) is 0. The molecule has 2 nitrogen and oxygen atoms in total. The minimum Gasteiger partial charge on any atom is -0.402 e. The van der Waals surface area contributed by atoms with Gasteiger partial charge in [0.05, 0.1) is 0 Å². The smallest absolute Gasteiger partial charge is 0.0350 e. The topological polar surface area (TPSA) is 52.0 Å². The summed E-state index contributed by atoms with van der Waals surface area (Å²) in [6.07, 6.45) is 10.1. The van der Waals surface area contributed by atoms with Gasteiger partial charge < -0.3 is 11.5 Å². The fourth-order valence-electron chi connectivity index (χ4n) is 1.98. The second kappa shape index (κ2) is 2.80. The molecule has 0 radical (unpaired) electrons. The minimum atomic E-state index is 0.287. The van der Waals surface area contributed by atoms with Crippen molar-refractivity contribution in [2.75, 3.05) is 0 Å². The Morgan fingerprint density at radius 3 is 2.69 bits per heavy atom. The molecule has 0 saturated carbocycles. The van der Waals surface area contributed by atoms with E-state index in [0.717, 1.165) is 17.0 Å². The molecule has 68 valence electrons. The van der Waals surface area contributed by atoms with E-state index in [0.29, 0.717) is 5.92 Å². The summed E-state index contributed by atoms with van der Waals surface area (Å²) in [7, 11) is 0. The standard InChI is InChI=1S/C11H14N2/c1-7-5-6-9(12)8-3-2-4-10(13)11(7)8/h2-7,11H,12-13H2,1H3. The van der Waals surface area contributed by atoms with Crippen molar-refractivity contribution in [3.63, 3.8) is 0 Å². The molecule has 2 heteroatoms. The second-order valence-corrected chi connectivity index (χ2v) is 3.63. The predicted molar refractivity (Wildman–Crippen MR) is 54.4 cm³/mol. The Morgan fingerprint density at radius 2 is 2.00 bits per heavy atom. The largest absolute Gasteiger partial charge is 0.402 e. The molecular formula is C11H14N2. The molecule has 4 N–H and O–H groups in total. The molecule has 2 unspecified atom stereocenters. The van der Waals surface area contributed by atoms with Crippen molar-refractivity contribution >= 4 is 0 Å². The van der Waals surface area contributed by atoms with Crippen LogP contribution < -0.4 is 11.5 Å². The van der Waals surface area contributed by atoms with Crippen LogP contribution in [0.15, 0.2) is 47.3 Å². The molecule has 0 bridgehead atoms. The molecule has 0 saturated heterocycles. The normalized spacial score (nSPS) is 31.6. The van der Waals surface area contributed by atoms with Gasteiger partial charge in [0.15, 0.2) is 0 Å². The number of fused-ring (bicyclic) bond motifs is 1. The summed E-state index contributed by atoms with van der Waals surface area (Å²) in [5.74, 6) is 0.735. The Balaban J connectivity index is 2.48. The third-order valence-corrected chi connectivity index (χ3v) is 2.70. The van der Waals surface area contributed by atoms with Crippen LogP contribution in [-0.2, 0) is 0 Å². The van der Waals surface area contributed by atoms with Crippen molar-refractivity contribution < 1.29 is 0 Å². The molecule has 2 atom stereocenters. The Kier molecular flexibility index (Phi) is 1.76. The van der Waals surface area contributed by atoms with Crippen LogP contribution in [0.1, 0.15) is 6.92 Å². The number of hydrogen-bond acceptors (Lipinski definition) is 2. The lowest BCUT2D eigenvalue weighted by Crippen LogP contribution is -2.26. The highest BCUT2D eigenvalue weighted by molar-refractivity contribution is 5.45. The Morgan fingerprint density at radius 1 is 1.23 bits per heavy atom. The summed E-state index contributed by atoms with van der Waals surface area (Å²) in [5.41, 5.74) is 14.7. The van der Waals surface area contributed by atoms with Crippen LogP contribution in [0.2, 0.25) is 0 Å². The van der Waals surface area contributed by atoms with Gasteiger partial charge in [0.2, 0.25) is 0 Å². The average Bonchev–Trinajstić information content (AvgIpc) is 2.12. The van der Waals surface area contributed by atoms with Crippen molar-refractivity contribution in [1.82, 2.24) is 0 Å². The lowest BCUT2D eigenvalue weighted by molar-refractivity contribution is 0.543. The number of nitrogens with two attached hydrogens (primary N) is 2. The predicted octanol–water partition coefficient (Wildman–Crippen LogP) is 1.43. The molecule has 13 heavy (non-hydrogen) atoms. The monoisotopic (exact) mass is 174 g/mol. The fraction of sp³-hybridized carbons (Fsp3) is 0.273. The van der Waals surface area contributed by atoms with E-state index in [1.54, 1.807) is 0 Å². The first-order valence-corrected chi connectivity index (χ1v) is 4.51. The summed E-state index contributed by atoms with van der Waals surface area (Å²) in [6, 6.07) is 0. The molecule has 2 aliphatic rings. The molecule has 2 rings (SSSR count). The van der Waals surface area contributed by atoms with E-state index in [2.05, 4.69) is 19.1 Å². The first kappa shape index (κ1) is 8.17. The van der Waals surface area contributed by atoms with Crippen LogP contribution in [0.25, 0.3) is 0 Å². The van der Waals surface area contributed by atoms with Gasteiger partial charge in [0.1, 0.15) is 0 Å². The molecule has 0 aromatic heterocycles. The van der Waals surface area contributed by atoms with Crippen molar-refractivity contribution in [3.05, 3.63) is 47.3 Å². The maximum absolute atomic E-state index is 5.93. The highest BCUT2D eigenvalue weighted by Crippen LogP contribution is 2.34. The number of rotatable bonds is 0. The highest BCUT2D eigenvalue weighted by Gasteiger charge is 2.26. The molecule has 0 aliphatic heterocycles. The first-order chi connectivity index (χ1) is 6.20. The zero-order chi connectivity index (χ0) is 9.42. The van der Waals surface area contributed by atoms with Crippen LogP contribution in [0, 0.1) is 11.8 Å². The zero-order valence-electron chi connectivity index (χ0n) is 7.70. The van der Waals surface area contributed by atoms with Crippen LogP contribution in [0.3, 0.4) is 0 Å². The van der Waals surface area contributed by atoms with E-state index in [-0.39, 0.29) is 5.92 Å². The van der Waals surface area contributed by atoms with Crippen molar-refractivity contribution in [2.24, 2.45) is 23.3 Å². The van der Waals surface area contributed by atoms with Gasteiger partial charge in [0.25, 0.3) is 0 Å². The fourth-order valence-corrected chi connectivity index (χ4v) is 1.98. The highest BCUT2D eigenvalue weighted by atomic mass is 14.6. The molecule has 0 amide bonds. The van der Waals surface area contributed by atoms with Gasteiger partial charge in [-0.3, -0.25) is 0 Å². The molecule has 0 fully saturated rings. The summed E-state index contributed by atoms with van der Waals surface area (Å²) in [6.45, 7) is 2.16. The SMILES string of the molecule is CC1C=CC(N)=C2C=CC=C(N)C21. The Bertz CT molecular complexity index is 345. The Labute approximate surface area is 78.3 Å². The van der Waals surface area contributed by atoms with Gasteiger partial charge in [0, 0.05) is 17.3 Å². The zero-order valence-corrected chi connectivity index (χ0v) is 7.70. The summed E-state index contributed by atoms with van der Waals surface area (Å²) < 4.78 is 0. The molecule has 0 aromatic rings. The maximum atomic E-state index is 5.93. The van der Waals surface area contributed by atoms with E-state index in [1.165, 1.54) is 0 Å². The molecule has 0 spiro atoms. The van der Waals surface area contributed by atoms with Gasteiger partial charge in [-0.15, -0.1) is 0 Å².